The van der Waals surface area contributed by atoms with Crippen LogP contribution in [0.15, 0.2) is 18.2 Å². The predicted molar refractivity (Wildman–Crippen MR) is 87.5 cm³/mol. The van der Waals surface area contributed by atoms with Gasteiger partial charge in [-0.2, -0.15) is 0 Å². The molecule has 0 unspecified atom stereocenters. The molecule has 7 heteroatoms. The highest BCUT2D eigenvalue weighted by molar-refractivity contribution is 6.13. The Bertz CT molecular complexity index is 653. The lowest BCUT2D eigenvalue weighted by Crippen LogP contribution is -2.48. The van der Waals surface area contributed by atoms with Gasteiger partial charge in [0.1, 0.15) is 0 Å². The van der Waals surface area contributed by atoms with E-state index >= 15 is 0 Å². The van der Waals surface area contributed by atoms with E-state index in [9.17, 15) is 14.4 Å². The van der Waals surface area contributed by atoms with Crippen molar-refractivity contribution in [2.75, 3.05) is 32.5 Å². The van der Waals surface area contributed by atoms with E-state index in [2.05, 4.69) is 16.0 Å². The van der Waals surface area contributed by atoms with Crippen LogP contribution in [0.5, 0.6) is 0 Å². The summed E-state index contributed by atoms with van der Waals surface area (Å²) in [7, 11) is 3.84. The molecule has 1 aliphatic heterocycles. The van der Waals surface area contributed by atoms with Gasteiger partial charge < -0.3 is 15.5 Å². The van der Waals surface area contributed by atoms with Gasteiger partial charge in [0.05, 0.1) is 5.41 Å². The number of hydrogen-bond acceptors (Lipinski definition) is 4. The lowest BCUT2D eigenvalue weighted by Gasteiger charge is -2.30. The first-order valence-electron chi connectivity index (χ1n) is 7.41. The van der Waals surface area contributed by atoms with E-state index in [4.69, 9.17) is 0 Å². The van der Waals surface area contributed by atoms with Crippen LogP contribution in [0, 0.1) is 0 Å². The number of imide groups is 1. The van der Waals surface area contributed by atoms with Crippen LogP contribution in [-0.2, 0) is 10.2 Å². The average molecular weight is 318 g/mol. The largest absolute Gasteiger partial charge is 0.337 e. The SMILES string of the molecule is CN(C)CCNC(=O)Nc1ccc2c(c1)C(=O)NC(=O)C2(C)C. The average Bonchev–Trinajstić information content (AvgIpc) is 2.45. The van der Waals surface area contributed by atoms with Crippen LogP contribution in [0.3, 0.4) is 0 Å². The normalized spacial score (nSPS) is 15.9. The van der Waals surface area contributed by atoms with E-state index in [0.29, 0.717) is 23.4 Å². The molecule has 1 aromatic rings. The molecule has 3 N–H and O–H groups in total. The third-order valence-corrected chi connectivity index (χ3v) is 3.83. The van der Waals surface area contributed by atoms with Gasteiger partial charge in [0.2, 0.25) is 5.91 Å². The molecule has 0 aliphatic carbocycles. The summed E-state index contributed by atoms with van der Waals surface area (Å²) in [5.74, 6) is -0.766. The fraction of sp³-hybridized carbons (Fsp3) is 0.438. The standard InChI is InChI=1S/C16H22N4O3/c1-16(2)12-6-5-10(9-11(12)13(21)19-14(16)22)18-15(23)17-7-8-20(3)4/h5-6,9H,7-8H2,1-4H3,(H2,17,18,23)(H,19,21,22). The molecule has 1 aromatic carbocycles. The molecule has 0 radical (unpaired) electrons. The predicted octanol–water partition coefficient (Wildman–Crippen LogP) is 0.917. The van der Waals surface area contributed by atoms with E-state index in [0.717, 1.165) is 6.54 Å². The maximum absolute atomic E-state index is 12.0. The topological polar surface area (TPSA) is 90.5 Å². The number of benzene rings is 1. The number of carbonyl (C=O) groups is 3. The quantitative estimate of drug-likeness (QED) is 0.720. The molecule has 4 amide bonds. The smallest absolute Gasteiger partial charge is 0.319 e. The second-order valence-electron chi connectivity index (χ2n) is 6.35. The third-order valence-electron chi connectivity index (χ3n) is 3.83. The number of nitrogens with one attached hydrogen (secondary N) is 3. The maximum Gasteiger partial charge on any atom is 0.319 e. The van der Waals surface area contributed by atoms with Crippen molar-refractivity contribution in [1.82, 2.24) is 15.5 Å². The minimum atomic E-state index is -0.782. The molecule has 0 saturated heterocycles. The molecule has 0 spiro atoms. The number of anilines is 1. The molecule has 7 nitrogen and oxygen atoms in total. The highest BCUT2D eigenvalue weighted by Gasteiger charge is 2.39. The van der Waals surface area contributed by atoms with Gasteiger partial charge in [-0.25, -0.2) is 4.79 Å². The number of fused-ring (bicyclic) bond motifs is 1. The van der Waals surface area contributed by atoms with Crippen molar-refractivity contribution >= 4 is 23.5 Å². The number of nitrogens with zero attached hydrogens (tertiary/aromatic N) is 1. The Morgan fingerprint density at radius 2 is 1.96 bits per heavy atom. The van der Waals surface area contributed by atoms with Crippen molar-refractivity contribution in [2.24, 2.45) is 0 Å². The van der Waals surface area contributed by atoms with Crippen LogP contribution in [0.25, 0.3) is 0 Å². The number of amides is 4. The van der Waals surface area contributed by atoms with Crippen LogP contribution in [-0.4, -0.2) is 49.9 Å². The summed E-state index contributed by atoms with van der Waals surface area (Å²) in [5, 5.41) is 7.76. The van der Waals surface area contributed by atoms with E-state index in [1.54, 1.807) is 32.0 Å². The zero-order valence-corrected chi connectivity index (χ0v) is 13.8. The van der Waals surface area contributed by atoms with Crippen LogP contribution in [0.1, 0.15) is 29.8 Å². The summed E-state index contributed by atoms with van der Waals surface area (Å²) >= 11 is 0. The number of likely N-dealkylation sites (N-methyl/N-ethyl adjacent to an activating group) is 1. The van der Waals surface area contributed by atoms with Crippen molar-refractivity contribution in [3.63, 3.8) is 0 Å². The van der Waals surface area contributed by atoms with Crippen LogP contribution in [0.2, 0.25) is 0 Å². The van der Waals surface area contributed by atoms with E-state index < -0.39 is 11.3 Å². The van der Waals surface area contributed by atoms with Crippen LogP contribution < -0.4 is 16.0 Å². The van der Waals surface area contributed by atoms with Gasteiger partial charge in [-0.05, 0) is 45.6 Å². The summed E-state index contributed by atoms with van der Waals surface area (Å²) in [4.78, 5) is 37.7. The fourth-order valence-corrected chi connectivity index (χ4v) is 2.37. The highest BCUT2D eigenvalue weighted by atomic mass is 16.2. The molecule has 0 atom stereocenters. The first-order chi connectivity index (χ1) is 10.7. The van der Waals surface area contributed by atoms with Crippen molar-refractivity contribution in [2.45, 2.75) is 19.3 Å². The highest BCUT2D eigenvalue weighted by Crippen LogP contribution is 2.32. The Kier molecular flexibility index (Phi) is 4.70. The Morgan fingerprint density at radius 3 is 2.61 bits per heavy atom. The molecule has 0 aromatic heterocycles. The van der Waals surface area contributed by atoms with Crippen LogP contribution >= 0.6 is 0 Å². The maximum atomic E-state index is 12.0. The zero-order chi connectivity index (χ0) is 17.2. The van der Waals surface area contributed by atoms with Gasteiger partial charge in [-0.3, -0.25) is 14.9 Å². The number of urea groups is 1. The number of rotatable bonds is 4. The fourth-order valence-electron chi connectivity index (χ4n) is 2.37. The minimum absolute atomic E-state index is 0.322. The Hall–Kier alpha value is -2.41. The summed E-state index contributed by atoms with van der Waals surface area (Å²) < 4.78 is 0. The lowest BCUT2D eigenvalue weighted by atomic mass is 9.78. The van der Waals surface area contributed by atoms with Gasteiger partial charge in [0.25, 0.3) is 5.91 Å². The number of carbonyl (C=O) groups excluding carboxylic acids is 3. The monoisotopic (exact) mass is 318 g/mol. The summed E-state index contributed by atoms with van der Waals surface area (Å²) in [6.07, 6.45) is 0. The molecule has 1 aliphatic rings. The van der Waals surface area contributed by atoms with E-state index in [1.807, 2.05) is 19.0 Å². The number of hydrogen-bond donors (Lipinski definition) is 3. The molecule has 0 saturated carbocycles. The lowest BCUT2D eigenvalue weighted by molar-refractivity contribution is -0.125. The van der Waals surface area contributed by atoms with Crippen molar-refractivity contribution in [1.29, 1.82) is 0 Å². The van der Waals surface area contributed by atoms with Crippen molar-refractivity contribution in [3.8, 4) is 0 Å². The second-order valence-corrected chi connectivity index (χ2v) is 6.35. The molecule has 1 heterocycles. The summed E-state index contributed by atoms with van der Waals surface area (Å²) in [6, 6.07) is 4.66. The molecule has 23 heavy (non-hydrogen) atoms. The van der Waals surface area contributed by atoms with Gasteiger partial charge in [-0.15, -0.1) is 0 Å². The van der Waals surface area contributed by atoms with Crippen molar-refractivity contribution < 1.29 is 14.4 Å². The first-order valence-corrected chi connectivity index (χ1v) is 7.41. The van der Waals surface area contributed by atoms with E-state index in [-0.39, 0.29) is 11.9 Å². The Morgan fingerprint density at radius 1 is 1.26 bits per heavy atom. The zero-order valence-electron chi connectivity index (χ0n) is 13.8. The Labute approximate surface area is 135 Å². The van der Waals surface area contributed by atoms with Gasteiger partial charge >= 0.3 is 6.03 Å². The Balaban J connectivity index is 2.12. The summed E-state index contributed by atoms with van der Waals surface area (Å²) in [6.45, 7) is 4.77. The molecular weight excluding hydrogens is 296 g/mol. The molecular formula is C16H22N4O3. The molecule has 2 rings (SSSR count). The van der Waals surface area contributed by atoms with E-state index in [1.165, 1.54) is 0 Å². The third kappa shape index (κ3) is 3.68. The van der Waals surface area contributed by atoms with Crippen molar-refractivity contribution in [3.05, 3.63) is 29.3 Å². The molecule has 124 valence electrons. The van der Waals surface area contributed by atoms with Crippen LogP contribution in [0.4, 0.5) is 10.5 Å². The van der Waals surface area contributed by atoms with Gasteiger partial charge in [-0.1, -0.05) is 6.07 Å². The first kappa shape index (κ1) is 17.0. The molecule has 0 bridgehead atoms. The minimum Gasteiger partial charge on any atom is -0.337 e. The molecule has 0 fully saturated rings. The van der Waals surface area contributed by atoms with Gasteiger partial charge in [0, 0.05) is 24.3 Å². The van der Waals surface area contributed by atoms with Gasteiger partial charge in [0.15, 0.2) is 0 Å². The second kappa shape index (κ2) is 6.37. The summed E-state index contributed by atoms with van der Waals surface area (Å²) in [5.41, 5.74) is 0.785.